The molecular weight excluding hydrogens is 452 g/mol. The first-order valence-electron chi connectivity index (χ1n) is 12.7. The molecule has 0 N–H and O–H groups in total. The van der Waals surface area contributed by atoms with Crippen LogP contribution in [0.5, 0.6) is 0 Å². The van der Waals surface area contributed by atoms with Crippen LogP contribution >= 0.6 is 0 Å². The van der Waals surface area contributed by atoms with Crippen LogP contribution in [0.25, 0.3) is 11.4 Å². The van der Waals surface area contributed by atoms with E-state index in [0.29, 0.717) is 43.4 Å². The Labute approximate surface area is 213 Å². The summed E-state index contributed by atoms with van der Waals surface area (Å²) in [5, 5.41) is 0. The second-order valence-corrected chi connectivity index (χ2v) is 9.22. The number of carbonyl (C=O) groups is 2. The topological polar surface area (TPSA) is 75.6 Å². The highest BCUT2D eigenvalue weighted by Crippen LogP contribution is 2.31. The molecule has 1 atom stereocenters. The highest BCUT2D eigenvalue weighted by molar-refractivity contribution is 6.00. The molecule has 1 aromatic heterocycles. The molecule has 3 aromatic rings. The largest absolute Gasteiger partial charge is 0.466 e. The monoisotopic (exact) mass is 486 g/mol. The van der Waals surface area contributed by atoms with Crippen LogP contribution in [0.3, 0.4) is 0 Å². The predicted octanol–water partition coefficient (Wildman–Crippen LogP) is 5.33. The normalized spacial score (nSPS) is 15.4. The third-order valence-electron chi connectivity index (χ3n) is 6.52. The summed E-state index contributed by atoms with van der Waals surface area (Å²) in [6.45, 7) is 9.82. The van der Waals surface area contributed by atoms with Gasteiger partial charge in [-0.2, -0.15) is 0 Å². The number of nitrogens with zero attached hydrogens (tertiary/aromatic N) is 4. The molecule has 188 valence electrons. The van der Waals surface area contributed by atoms with Crippen molar-refractivity contribution >= 4 is 23.4 Å². The molecule has 36 heavy (non-hydrogen) atoms. The van der Waals surface area contributed by atoms with Crippen molar-refractivity contribution in [2.75, 3.05) is 31.1 Å². The number of likely N-dealkylation sites (tertiary alicyclic amines) is 1. The quantitative estimate of drug-likeness (QED) is 0.420. The number of aromatic nitrogens is 2. The molecule has 4 rings (SSSR count). The van der Waals surface area contributed by atoms with E-state index < -0.39 is 0 Å². The SMILES string of the molecule is CCOC(=O)[C@H]1CCCN(C(=O)c2cnc(-c3ccc(C)cc3)nc2N(CC)c2cccc(C)c2)C1. The van der Waals surface area contributed by atoms with Gasteiger partial charge in [0.05, 0.1) is 12.5 Å². The molecule has 0 spiro atoms. The number of esters is 1. The van der Waals surface area contributed by atoms with Crippen molar-refractivity contribution in [2.45, 2.75) is 40.5 Å². The van der Waals surface area contributed by atoms with E-state index in [0.717, 1.165) is 35.2 Å². The number of hydrogen-bond donors (Lipinski definition) is 0. The molecule has 1 amide bonds. The molecule has 1 fully saturated rings. The Morgan fingerprint density at radius 1 is 1.08 bits per heavy atom. The Morgan fingerprint density at radius 3 is 2.56 bits per heavy atom. The van der Waals surface area contributed by atoms with Crippen molar-refractivity contribution < 1.29 is 14.3 Å². The molecule has 1 aliphatic heterocycles. The molecule has 0 unspecified atom stereocenters. The standard InChI is InChI=1S/C29H34N4O3/c1-5-33(24-11-7-9-21(4)17-24)27-25(18-30-26(31-27)22-14-12-20(3)13-15-22)28(34)32-16-8-10-23(19-32)29(35)36-6-2/h7,9,11-15,17-18,23H,5-6,8,10,16,19H2,1-4H3/t23-/m0/s1. The summed E-state index contributed by atoms with van der Waals surface area (Å²) in [4.78, 5) is 39.5. The first kappa shape index (κ1) is 25.4. The zero-order valence-corrected chi connectivity index (χ0v) is 21.5. The molecule has 7 heteroatoms. The van der Waals surface area contributed by atoms with E-state index in [9.17, 15) is 9.59 Å². The number of benzene rings is 2. The molecule has 0 aliphatic carbocycles. The molecule has 7 nitrogen and oxygen atoms in total. The number of anilines is 2. The van der Waals surface area contributed by atoms with Crippen LogP contribution in [0.4, 0.5) is 11.5 Å². The fourth-order valence-electron chi connectivity index (χ4n) is 4.61. The molecule has 1 saturated heterocycles. The smallest absolute Gasteiger partial charge is 0.310 e. The van der Waals surface area contributed by atoms with E-state index in [1.807, 2.05) is 68.1 Å². The van der Waals surface area contributed by atoms with Crippen LogP contribution in [0.2, 0.25) is 0 Å². The Hall–Kier alpha value is -3.74. The number of hydrogen-bond acceptors (Lipinski definition) is 6. The first-order chi connectivity index (χ1) is 17.4. The van der Waals surface area contributed by atoms with E-state index in [-0.39, 0.29) is 17.8 Å². The second kappa shape index (κ2) is 11.3. The minimum atomic E-state index is -0.307. The first-order valence-corrected chi connectivity index (χ1v) is 12.7. The Balaban J connectivity index is 1.75. The number of ether oxygens (including phenoxy) is 1. The average molecular weight is 487 g/mol. The maximum absolute atomic E-state index is 13.8. The summed E-state index contributed by atoms with van der Waals surface area (Å²) in [6.07, 6.45) is 3.11. The van der Waals surface area contributed by atoms with Crippen molar-refractivity contribution in [3.8, 4) is 11.4 Å². The highest BCUT2D eigenvalue weighted by atomic mass is 16.5. The van der Waals surface area contributed by atoms with E-state index in [2.05, 4.69) is 11.1 Å². The van der Waals surface area contributed by atoms with Crippen molar-refractivity contribution in [1.29, 1.82) is 0 Å². The molecule has 2 aromatic carbocycles. The zero-order valence-electron chi connectivity index (χ0n) is 21.5. The summed E-state index contributed by atoms with van der Waals surface area (Å²) in [5.74, 6) is 0.419. The molecule has 1 aliphatic rings. The maximum atomic E-state index is 13.8. The molecule has 2 heterocycles. The van der Waals surface area contributed by atoms with Crippen LogP contribution in [-0.2, 0) is 9.53 Å². The van der Waals surface area contributed by atoms with Crippen LogP contribution in [0.15, 0.2) is 54.7 Å². The Bertz CT molecular complexity index is 1230. The lowest BCUT2D eigenvalue weighted by molar-refractivity contribution is -0.149. The summed E-state index contributed by atoms with van der Waals surface area (Å²) >= 11 is 0. The number of rotatable bonds is 7. The number of carbonyl (C=O) groups excluding carboxylic acids is 2. The van der Waals surface area contributed by atoms with Crippen LogP contribution < -0.4 is 4.90 Å². The Kier molecular flexibility index (Phi) is 7.98. The zero-order chi connectivity index (χ0) is 25.7. The maximum Gasteiger partial charge on any atom is 0.310 e. The summed E-state index contributed by atoms with van der Waals surface area (Å²) in [7, 11) is 0. The van der Waals surface area contributed by atoms with Gasteiger partial charge in [-0.3, -0.25) is 9.59 Å². The Morgan fingerprint density at radius 2 is 1.86 bits per heavy atom. The van der Waals surface area contributed by atoms with E-state index in [4.69, 9.17) is 9.72 Å². The van der Waals surface area contributed by atoms with Crippen LogP contribution in [0.1, 0.15) is 48.2 Å². The fraction of sp³-hybridized carbons (Fsp3) is 0.379. The summed E-state index contributed by atoms with van der Waals surface area (Å²) in [5.41, 5.74) is 4.56. The van der Waals surface area contributed by atoms with Gasteiger partial charge in [-0.05, 0) is 58.2 Å². The predicted molar refractivity (Wildman–Crippen MR) is 141 cm³/mol. The van der Waals surface area contributed by atoms with Gasteiger partial charge >= 0.3 is 5.97 Å². The lowest BCUT2D eigenvalue weighted by Crippen LogP contribution is -2.43. The van der Waals surface area contributed by atoms with Gasteiger partial charge < -0.3 is 14.5 Å². The van der Waals surface area contributed by atoms with Crippen molar-refractivity contribution in [3.63, 3.8) is 0 Å². The minimum absolute atomic E-state index is 0.166. The lowest BCUT2D eigenvalue weighted by Gasteiger charge is -2.33. The van der Waals surface area contributed by atoms with Gasteiger partial charge in [0.25, 0.3) is 5.91 Å². The third-order valence-corrected chi connectivity index (χ3v) is 6.52. The van der Waals surface area contributed by atoms with Gasteiger partial charge in [-0.1, -0.05) is 42.0 Å². The van der Waals surface area contributed by atoms with Crippen molar-refractivity contribution in [2.24, 2.45) is 5.92 Å². The van der Waals surface area contributed by atoms with E-state index in [1.54, 1.807) is 18.0 Å². The fourth-order valence-corrected chi connectivity index (χ4v) is 4.61. The molecule has 0 saturated carbocycles. The average Bonchev–Trinajstić information content (AvgIpc) is 2.89. The van der Waals surface area contributed by atoms with Crippen LogP contribution in [-0.4, -0.2) is 53.0 Å². The van der Waals surface area contributed by atoms with Gasteiger partial charge in [0, 0.05) is 37.1 Å². The molecule has 0 bridgehead atoms. The van der Waals surface area contributed by atoms with Crippen molar-refractivity contribution in [3.05, 3.63) is 71.4 Å². The van der Waals surface area contributed by atoms with Gasteiger partial charge in [-0.25, -0.2) is 9.97 Å². The van der Waals surface area contributed by atoms with Crippen molar-refractivity contribution in [1.82, 2.24) is 14.9 Å². The lowest BCUT2D eigenvalue weighted by atomic mass is 9.97. The summed E-state index contributed by atoms with van der Waals surface area (Å²) < 4.78 is 5.23. The number of amides is 1. The minimum Gasteiger partial charge on any atom is -0.466 e. The highest BCUT2D eigenvalue weighted by Gasteiger charge is 2.32. The van der Waals surface area contributed by atoms with E-state index >= 15 is 0 Å². The second-order valence-electron chi connectivity index (χ2n) is 9.22. The number of piperidine rings is 1. The van der Waals surface area contributed by atoms with Gasteiger partial charge in [0.1, 0.15) is 11.4 Å². The van der Waals surface area contributed by atoms with Gasteiger partial charge in [-0.15, -0.1) is 0 Å². The molecular formula is C29H34N4O3. The van der Waals surface area contributed by atoms with Crippen LogP contribution in [0, 0.1) is 19.8 Å². The van der Waals surface area contributed by atoms with Gasteiger partial charge in [0.2, 0.25) is 0 Å². The van der Waals surface area contributed by atoms with Gasteiger partial charge in [0.15, 0.2) is 5.82 Å². The summed E-state index contributed by atoms with van der Waals surface area (Å²) in [6, 6.07) is 16.2. The number of aryl methyl sites for hydroxylation is 2. The third kappa shape index (κ3) is 5.56. The molecule has 0 radical (unpaired) electrons. The van der Waals surface area contributed by atoms with E-state index in [1.165, 1.54) is 0 Å².